The van der Waals surface area contributed by atoms with Crippen molar-refractivity contribution in [2.24, 2.45) is 5.41 Å². The molecule has 0 aromatic rings. The van der Waals surface area contributed by atoms with E-state index in [1.54, 1.807) is 0 Å². The first-order chi connectivity index (χ1) is 6.33. The second-order valence-corrected chi connectivity index (χ2v) is 4.09. The summed E-state index contributed by atoms with van der Waals surface area (Å²) in [5.74, 6) is 5.96. The molecule has 1 aliphatic carbocycles. The maximum absolute atomic E-state index is 3.45. The standard InChI is InChI=1S/C12H21N/c1-3-5-10-13-11-12(4-2)8-6-7-9-12/h13H,4,6-11H2,1-2H3. The SMILES string of the molecule is CC#CCNCC1(CC)CCCC1. The molecule has 0 saturated heterocycles. The second-order valence-electron chi connectivity index (χ2n) is 4.09. The lowest BCUT2D eigenvalue weighted by Crippen LogP contribution is -2.31. The third kappa shape index (κ3) is 3.04. The van der Waals surface area contributed by atoms with Gasteiger partial charge < -0.3 is 5.32 Å². The average molecular weight is 179 g/mol. The molecule has 0 aromatic carbocycles. The number of rotatable bonds is 4. The molecule has 0 unspecified atom stereocenters. The lowest BCUT2D eigenvalue weighted by molar-refractivity contribution is 0.273. The van der Waals surface area contributed by atoms with Crippen molar-refractivity contribution >= 4 is 0 Å². The maximum Gasteiger partial charge on any atom is 0.0576 e. The number of hydrogen-bond donors (Lipinski definition) is 1. The molecule has 1 rings (SSSR count). The summed E-state index contributed by atoms with van der Waals surface area (Å²) in [7, 11) is 0. The van der Waals surface area contributed by atoms with E-state index < -0.39 is 0 Å². The van der Waals surface area contributed by atoms with E-state index >= 15 is 0 Å². The minimum absolute atomic E-state index is 0.607. The van der Waals surface area contributed by atoms with Crippen LogP contribution < -0.4 is 5.32 Å². The van der Waals surface area contributed by atoms with E-state index in [0.29, 0.717) is 5.41 Å². The Kier molecular flexibility index (Phi) is 4.32. The first-order valence-electron chi connectivity index (χ1n) is 5.43. The topological polar surface area (TPSA) is 12.0 Å². The van der Waals surface area contributed by atoms with Gasteiger partial charge in [-0.1, -0.05) is 25.7 Å². The van der Waals surface area contributed by atoms with Gasteiger partial charge in [-0.3, -0.25) is 0 Å². The fraction of sp³-hybridized carbons (Fsp3) is 0.833. The van der Waals surface area contributed by atoms with Crippen LogP contribution >= 0.6 is 0 Å². The van der Waals surface area contributed by atoms with Gasteiger partial charge in [-0.25, -0.2) is 0 Å². The molecule has 1 heteroatoms. The highest BCUT2D eigenvalue weighted by molar-refractivity contribution is 4.97. The van der Waals surface area contributed by atoms with Crippen LogP contribution in [-0.2, 0) is 0 Å². The van der Waals surface area contributed by atoms with Gasteiger partial charge in [0.25, 0.3) is 0 Å². The van der Waals surface area contributed by atoms with E-state index in [0.717, 1.165) is 13.1 Å². The number of nitrogens with one attached hydrogen (secondary N) is 1. The highest BCUT2D eigenvalue weighted by Crippen LogP contribution is 2.40. The van der Waals surface area contributed by atoms with Crippen molar-refractivity contribution in [3.05, 3.63) is 0 Å². The molecule has 0 aliphatic heterocycles. The van der Waals surface area contributed by atoms with Gasteiger partial charge in [0, 0.05) is 6.54 Å². The fourth-order valence-corrected chi connectivity index (χ4v) is 2.26. The summed E-state index contributed by atoms with van der Waals surface area (Å²) in [5.41, 5.74) is 0.607. The molecular formula is C12H21N. The highest BCUT2D eigenvalue weighted by atomic mass is 14.9. The van der Waals surface area contributed by atoms with Crippen LogP contribution in [0.5, 0.6) is 0 Å². The Hall–Kier alpha value is -0.480. The van der Waals surface area contributed by atoms with E-state index in [9.17, 15) is 0 Å². The Labute approximate surface area is 82.3 Å². The fourth-order valence-electron chi connectivity index (χ4n) is 2.26. The third-order valence-corrected chi connectivity index (χ3v) is 3.30. The van der Waals surface area contributed by atoms with Gasteiger partial charge in [-0.15, -0.1) is 5.92 Å². The van der Waals surface area contributed by atoms with Crippen LogP contribution in [0.3, 0.4) is 0 Å². The molecule has 1 N–H and O–H groups in total. The van der Waals surface area contributed by atoms with E-state index in [1.165, 1.54) is 32.1 Å². The second kappa shape index (κ2) is 5.29. The Morgan fingerprint density at radius 2 is 2.00 bits per heavy atom. The lowest BCUT2D eigenvalue weighted by Gasteiger charge is -2.27. The van der Waals surface area contributed by atoms with Crippen molar-refractivity contribution in [3.8, 4) is 11.8 Å². The molecule has 0 amide bonds. The normalized spacial score (nSPS) is 19.5. The van der Waals surface area contributed by atoms with Crippen LogP contribution in [-0.4, -0.2) is 13.1 Å². The molecule has 1 nitrogen and oxygen atoms in total. The van der Waals surface area contributed by atoms with Crippen LogP contribution in [0.15, 0.2) is 0 Å². The quantitative estimate of drug-likeness (QED) is 0.516. The third-order valence-electron chi connectivity index (χ3n) is 3.30. The molecule has 1 saturated carbocycles. The lowest BCUT2D eigenvalue weighted by atomic mass is 9.83. The van der Waals surface area contributed by atoms with Crippen LogP contribution in [0.25, 0.3) is 0 Å². The van der Waals surface area contributed by atoms with Gasteiger partial charge in [-0.05, 0) is 31.6 Å². The molecule has 0 heterocycles. The molecule has 1 fully saturated rings. The smallest absolute Gasteiger partial charge is 0.0576 e. The summed E-state index contributed by atoms with van der Waals surface area (Å²) in [6, 6.07) is 0. The zero-order valence-corrected chi connectivity index (χ0v) is 8.95. The van der Waals surface area contributed by atoms with Crippen molar-refractivity contribution in [1.82, 2.24) is 5.32 Å². The monoisotopic (exact) mass is 179 g/mol. The Bertz CT molecular complexity index is 191. The maximum atomic E-state index is 3.45. The van der Waals surface area contributed by atoms with Gasteiger partial charge in [0.15, 0.2) is 0 Å². The van der Waals surface area contributed by atoms with Crippen LogP contribution in [0.1, 0.15) is 46.0 Å². The molecule has 1 aliphatic rings. The summed E-state index contributed by atoms with van der Waals surface area (Å²) < 4.78 is 0. The van der Waals surface area contributed by atoms with Crippen molar-refractivity contribution < 1.29 is 0 Å². The van der Waals surface area contributed by atoms with Crippen molar-refractivity contribution in [2.45, 2.75) is 46.0 Å². The molecule has 0 atom stereocenters. The van der Waals surface area contributed by atoms with Gasteiger partial charge in [0.2, 0.25) is 0 Å². The van der Waals surface area contributed by atoms with Crippen molar-refractivity contribution in [2.75, 3.05) is 13.1 Å². The molecule has 74 valence electrons. The molecule has 0 aromatic heterocycles. The van der Waals surface area contributed by atoms with Gasteiger partial charge in [0.1, 0.15) is 0 Å². The Balaban J connectivity index is 2.26. The Morgan fingerprint density at radius 3 is 2.54 bits per heavy atom. The Morgan fingerprint density at radius 1 is 1.31 bits per heavy atom. The molecule has 0 bridgehead atoms. The predicted octanol–water partition coefficient (Wildman–Crippen LogP) is 2.57. The highest BCUT2D eigenvalue weighted by Gasteiger charge is 2.30. The summed E-state index contributed by atoms with van der Waals surface area (Å²) in [4.78, 5) is 0. The molecule has 0 radical (unpaired) electrons. The molecule has 13 heavy (non-hydrogen) atoms. The van der Waals surface area contributed by atoms with E-state index in [2.05, 4.69) is 24.1 Å². The summed E-state index contributed by atoms with van der Waals surface area (Å²) in [5, 5.41) is 3.45. The minimum Gasteiger partial charge on any atom is -0.306 e. The summed E-state index contributed by atoms with van der Waals surface area (Å²) in [6.45, 7) is 6.24. The van der Waals surface area contributed by atoms with Gasteiger partial charge in [-0.2, -0.15) is 0 Å². The first-order valence-corrected chi connectivity index (χ1v) is 5.43. The first kappa shape index (κ1) is 10.6. The van der Waals surface area contributed by atoms with Crippen LogP contribution in [0.2, 0.25) is 0 Å². The van der Waals surface area contributed by atoms with E-state index in [4.69, 9.17) is 0 Å². The predicted molar refractivity (Wildman–Crippen MR) is 57.5 cm³/mol. The number of hydrogen-bond acceptors (Lipinski definition) is 1. The van der Waals surface area contributed by atoms with Crippen molar-refractivity contribution in [1.29, 1.82) is 0 Å². The van der Waals surface area contributed by atoms with Gasteiger partial charge in [0.05, 0.1) is 6.54 Å². The minimum atomic E-state index is 0.607. The van der Waals surface area contributed by atoms with Crippen molar-refractivity contribution in [3.63, 3.8) is 0 Å². The summed E-state index contributed by atoms with van der Waals surface area (Å²) >= 11 is 0. The summed E-state index contributed by atoms with van der Waals surface area (Å²) in [6.07, 6.45) is 7.00. The van der Waals surface area contributed by atoms with Crippen LogP contribution in [0.4, 0.5) is 0 Å². The molecule has 0 spiro atoms. The van der Waals surface area contributed by atoms with E-state index in [-0.39, 0.29) is 0 Å². The molecular weight excluding hydrogens is 158 g/mol. The zero-order chi connectivity index (χ0) is 9.57. The largest absolute Gasteiger partial charge is 0.306 e. The van der Waals surface area contributed by atoms with Crippen LogP contribution in [0, 0.1) is 17.3 Å². The van der Waals surface area contributed by atoms with E-state index in [1.807, 2.05) is 6.92 Å². The average Bonchev–Trinajstić information content (AvgIpc) is 2.62. The van der Waals surface area contributed by atoms with Gasteiger partial charge >= 0.3 is 0 Å². The zero-order valence-electron chi connectivity index (χ0n) is 8.95.